The molecule has 2 aliphatic heterocycles. The number of methoxy groups -OCH3 is 1. The number of nitrogens with zero attached hydrogens (tertiary/aromatic N) is 2. The first-order valence-electron chi connectivity index (χ1n) is 8.43. The summed E-state index contributed by atoms with van der Waals surface area (Å²) in [6.45, 7) is 5.91. The van der Waals surface area contributed by atoms with E-state index >= 15 is 0 Å². The van der Waals surface area contributed by atoms with Gasteiger partial charge in [-0.05, 0) is 43.7 Å². The predicted molar refractivity (Wildman–Crippen MR) is 87.3 cm³/mol. The number of hydrogen-bond acceptors (Lipinski definition) is 4. The van der Waals surface area contributed by atoms with Gasteiger partial charge in [0.2, 0.25) is 0 Å². The third-order valence-electron chi connectivity index (χ3n) is 5.50. The molecule has 0 aromatic carbocycles. The Kier molecular flexibility index (Phi) is 4.97. The lowest BCUT2D eigenvalue weighted by Crippen LogP contribution is -2.50. The van der Waals surface area contributed by atoms with Gasteiger partial charge < -0.3 is 14.4 Å². The van der Waals surface area contributed by atoms with Crippen LogP contribution in [0.3, 0.4) is 0 Å². The molecule has 1 spiro atoms. The quantitative estimate of drug-likeness (QED) is 0.858. The normalized spacial score (nSPS) is 23.9. The fourth-order valence-electron chi connectivity index (χ4n) is 3.90. The molecule has 3 heterocycles. The van der Waals surface area contributed by atoms with Crippen LogP contribution >= 0.6 is 0 Å². The zero-order valence-electron chi connectivity index (χ0n) is 14.1. The van der Waals surface area contributed by atoms with Crippen molar-refractivity contribution in [3.05, 3.63) is 29.6 Å². The summed E-state index contributed by atoms with van der Waals surface area (Å²) in [4.78, 5) is 18.8. The Morgan fingerprint density at radius 1 is 1.39 bits per heavy atom. The van der Waals surface area contributed by atoms with Crippen LogP contribution in [0.2, 0.25) is 0 Å². The van der Waals surface area contributed by atoms with Crippen LogP contribution in [-0.4, -0.2) is 55.8 Å². The minimum atomic E-state index is 0.0997. The Hall–Kier alpha value is -1.46. The second-order valence-corrected chi connectivity index (χ2v) is 6.82. The number of piperidine rings is 1. The van der Waals surface area contributed by atoms with E-state index in [1.54, 1.807) is 13.3 Å². The number of rotatable bonds is 3. The number of likely N-dealkylation sites (tertiary alicyclic amines) is 1. The summed E-state index contributed by atoms with van der Waals surface area (Å²) in [6.07, 6.45) is 4.84. The van der Waals surface area contributed by atoms with E-state index in [0.29, 0.717) is 11.5 Å². The van der Waals surface area contributed by atoms with Gasteiger partial charge in [-0.25, -0.2) is 0 Å². The second-order valence-electron chi connectivity index (χ2n) is 6.82. The Balaban J connectivity index is 1.65. The largest absolute Gasteiger partial charge is 0.384 e. The van der Waals surface area contributed by atoms with Crippen LogP contribution in [0, 0.1) is 18.3 Å². The molecule has 0 aliphatic carbocycles. The summed E-state index contributed by atoms with van der Waals surface area (Å²) in [5, 5.41) is 0. The van der Waals surface area contributed by atoms with Crippen LogP contribution in [0.25, 0.3) is 0 Å². The molecule has 0 saturated carbocycles. The van der Waals surface area contributed by atoms with Gasteiger partial charge in [-0.15, -0.1) is 0 Å². The maximum atomic E-state index is 12.6. The van der Waals surface area contributed by atoms with Gasteiger partial charge in [0.1, 0.15) is 0 Å². The predicted octanol–water partition coefficient (Wildman–Crippen LogP) is 2.30. The van der Waals surface area contributed by atoms with Gasteiger partial charge in [0, 0.05) is 44.6 Å². The smallest absolute Gasteiger partial charge is 0.255 e. The average Bonchev–Trinajstić information content (AvgIpc) is 2.58. The molecule has 126 valence electrons. The molecule has 0 radical (unpaired) electrons. The SMILES string of the molecule is COC[C@H]1COCCC12CCN(C(=O)c1ccc(C)nc1)CC2. The molecule has 0 bridgehead atoms. The first kappa shape index (κ1) is 16.4. The second kappa shape index (κ2) is 6.97. The monoisotopic (exact) mass is 318 g/mol. The van der Waals surface area contributed by atoms with Gasteiger partial charge in [0.25, 0.3) is 5.91 Å². The van der Waals surface area contributed by atoms with E-state index in [1.165, 1.54) is 0 Å². The van der Waals surface area contributed by atoms with Crippen LogP contribution in [0.5, 0.6) is 0 Å². The van der Waals surface area contributed by atoms with E-state index < -0.39 is 0 Å². The number of amides is 1. The van der Waals surface area contributed by atoms with Crippen LogP contribution < -0.4 is 0 Å². The molecule has 1 aromatic rings. The molecule has 3 rings (SSSR count). The summed E-state index contributed by atoms with van der Waals surface area (Å²) in [5.41, 5.74) is 1.90. The fourth-order valence-corrected chi connectivity index (χ4v) is 3.90. The molecule has 23 heavy (non-hydrogen) atoms. The Labute approximate surface area is 138 Å². The molecule has 1 aromatic heterocycles. The Morgan fingerprint density at radius 2 is 2.17 bits per heavy atom. The van der Waals surface area contributed by atoms with Crippen LogP contribution in [0.1, 0.15) is 35.3 Å². The Morgan fingerprint density at radius 3 is 2.83 bits per heavy atom. The number of aryl methyl sites for hydroxylation is 1. The third kappa shape index (κ3) is 3.40. The molecule has 1 amide bonds. The van der Waals surface area contributed by atoms with Crippen molar-refractivity contribution < 1.29 is 14.3 Å². The van der Waals surface area contributed by atoms with Gasteiger partial charge in [-0.1, -0.05) is 0 Å². The van der Waals surface area contributed by atoms with E-state index in [0.717, 1.165) is 57.9 Å². The highest BCUT2D eigenvalue weighted by Gasteiger charge is 2.44. The summed E-state index contributed by atoms with van der Waals surface area (Å²) >= 11 is 0. The van der Waals surface area contributed by atoms with Crippen molar-refractivity contribution in [1.29, 1.82) is 0 Å². The van der Waals surface area contributed by atoms with Crippen molar-refractivity contribution in [2.75, 3.05) is 40.0 Å². The molecular weight excluding hydrogens is 292 g/mol. The summed E-state index contributed by atoms with van der Waals surface area (Å²) in [7, 11) is 1.76. The lowest BCUT2D eigenvalue weighted by Gasteiger charge is -2.48. The van der Waals surface area contributed by atoms with Crippen LogP contribution in [0.15, 0.2) is 18.3 Å². The van der Waals surface area contributed by atoms with E-state index in [9.17, 15) is 4.79 Å². The first-order chi connectivity index (χ1) is 11.1. The molecule has 5 nitrogen and oxygen atoms in total. The molecule has 2 saturated heterocycles. The number of carbonyl (C=O) groups is 1. The summed E-state index contributed by atoms with van der Waals surface area (Å²) < 4.78 is 11.0. The van der Waals surface area contributed by atoms with Gasteiger partial charge in [-0.2, -0.15) is 0 Å². The molecule has 5 heteroatoms. The van der Waals surface area contributed by atoms with Gasteiger partial charge in [0.05, 0.1) is 18.8 Å². The van der Waals surface area contributed by atoms with Gasteiger partial charge >= 0.3 is 0 Å². The minimum absolute atomic E-state index is 0.0997. The van der Waals surface area contributed by atoms with Crippen molar-refractivity contribution in [1.82, 2.24) is 9.88 Å². The zero-order chi connectivity index (χ0) is 16.3. The van der Waals surface area contributed by atoms with Gasteiger partial charge in [0.15, 0.2) is 0 Å². The van der Waals surface area contributed by atoms with Crippen LogP contribution in [0.4, 0.5) is 0 Å². The molecular formula is C18H26N2O3. The highest BCUT2D eigenvalue weighted by Crippen LogP contribution is 2.44. The van der Waals surface area contributed by atoms with Crippen molar-refractivity contribution in [3.63, 3.8) is 0 Å². The maximum Gasteiger partial charge on any atom is 0.255 e. The number of pyridine rings is 1. The zero-order valence-corrected chi connectivity index (χ0v) is 14.1. The molecule has 2 aliphatic rings. The van der Waals surface area contributed by atoms with E-state index in [2.05, 4.69) is 4.98 Å². The van der Waals surface area contributed by atoms with E-state index in [-0.39, 0.29) is 11.3 Å². The molecule has 1 atom stereocenters. The van der Waals surface area contributed by atoms with Gasteiger partial charge in [-0.3, -0.25) is 9.78 Å². The topological polar surface area (TPSA) is 51.7 Å². The molecule has 2 fully saturated rings. The summed E-state index contributed by atoms with van der Waals surface area (Å²) in [6, 6.07) is 3.77. The minimum Gasteiger partial charge on any atom is -0.384 e. The number of aromatic nitrogens is 1. The highest BCUT2D eigenvalue weighted by molar-refractivity contribution is 5.94. The average molecular weight is 318 g/mol. The third-order valence-corrected chi connectivity index (χ3v) is 5.50. The lowest BCUT2D eigenvalue weighted by molar-refractivity contribution is -0.0912. The van der Waals surface area contributed by atoms with Crippen LogP contribution in [-0.2, 0) is 9.47 Å². The van der Waals surface area contributed by atoms with E-state index in [1.807, 2.05) is 24.0 Å². The summed E-state index contributed by atoms with van der Waals surface area (Å²) in [5.74, 6) is 0.544. The van der Waals surface area contributed by atoms with Crippen molar-refractivity contribution in [3.8, 4) is 0 Å². The number of ether oxygens (including phenoxy) is 2. The molecule has 0 N–H and O–H groups in total. The molecule has 0 unspecified atom stereocenters. The van der Waals surface area contributed by atoms with Crippen molar-refractivity contribution in [2.24, 2.45) is 11.3 Å². The van der Waals surface area contributed by atoms with E-state index in [4.69, 9.17) is 9.47 Å². The fraction of sp³-hybridized carbons (Fsp3) is 0.667. The first-order valence-corrected chi connectivity index (χ1v) is 8.43. The Bertz CT molecular complexity index is 534. The maximum absolute atomic E-state index is 12.6. The lowest BCUT2D eigenvalue weighted by atomic mass is 9.66. The number of hydrogen-bond donors (Lipinski definition) is 0. The van der Waals surface area contributed by atoms with Crippen molar-refractivity contribution >= 4 is 5.91 Å². The highest BCUT2D eigenvalue weighted by atomic mass is 16.5. The van der Waals surface area contributed by atoms with Crippen molar-refractivity contribution in [2.45, 2.75) is 26.2 Å². The number of carbonyl (C=O) groups excluding carboxylic acids is 1. The standard InChI is InChI=1S/C18H26N2O3/c1-14-3-4-15(11-19-14)17(21)20-8-5-18(6-9-20)7-10-23-13-16(18)12-22-2/h3-4,11,16H,5-10,12-13H2,1-2H3/t16-/m0/s1.